The molecule has 1 aromatic rings. The number of rotatable bonds is 2. The highest BCUT2D eigenvalue weighted by molar-refractivity contribution is 5.86. The van der Waals surface area contributed by atoms with E-state index in [0.29, 0.717) is 0 Å². The van der Waals surface area contributed by atoms with Gasteiger partial charge in [-0.3, -0.25) is 5.32 Å². The molecule has 0 unspecified atom stereocenters. The van der Waals surface area contributed by atoms with Crippen molar-refractivity contribution < 1.29 is 22.7 Å². The summed E-state index contributed by atoms with van der Waals surface area (Å²) in [6.07, 6.45) is -5.84. The molecule has 0 atom stereocenters. The Labute approximate surface area is 94.6 Å². The van der Waals surface area contributed by atoms with Crippen LogP contribution in [0.4, 0.5) is 23.7 Å². The number of nitriles is 1. The number of anilines is 1. The van der Waals surface area contributed by atoms with Gasteiger partial charge in [0.05, 0.1) is 11.3 Å². The molecule has 0 saturated carbocycles. The molecule has 0 fully saturated rings. The van der Waals surface area contributed by atoms with Gasteiger partial charge in [0.2, 0.25) is 0 Å². The Balaban J connectivity index is 2.60. The molecule has 0 heterocycles. The second-order valence-corrected chi connectivity index (χ2v) is 2.97. The molecule has 17 heavy (non-hydrogen) atoms. The number of nitrogens with zero attached hydrogens (tertiary/aromatic N) is 1. The van der Waals surface area contributed by atoms with Gasteiger partial charge in [-0.25, -0.2) is 4.79 Å². The number of hydrogen-bond acceptors (Lipinski definition) is 3. The van der Waals surface area contributed by atoms with Crippen molar-refractivity contribution in [2.24, 2.45) is 0 Å². The second-order valence-electron chi connectivity index (χ2n) is 2.97. The maximum Gasteiger partial charge on any atom is 0.422 e. The Hall–Kier alpha value is -2.23. The van der Waals surface area contributed by atoms with E-state index in [0.717, 1.165) is 0 Å². The minimum atomic E-state index is -4.58. The molecule has 0 saturated heterocycles. The van der Waals surface area contributed by atoms with Crippen molar-refractivity contribution in [1.82, 2.24) is 0 Å². The first kappa shape index (κ1) is 12.8. The third kappa shape index (κ3) is 4.42. The fraction of sp³-hybridized carbons (Fsp3) is 0.200. The number of amides is 1. The maximum atomic E-state index is 11.7. The number of para-hydroxylation sites is 1. The number of carbonyl (C=O) groups excluding carboxylic acids is 1. The SMILES string of the molecule is N#Cc1ccccc1NC(=O)OCC(F)(F)F. The minimum absolute atomic E-state index is 0.0992. The summed E-state index contributed by atoms with van der Waals surface area (Å²) in [6, 6.07) is 7.67. The summed E-state index contributed by atoms with van der Waals surface area (Å²) in [6.45, 7) is -1.67. The van der Waals surface area contributed by atoms with Crippen LogP contribution in [0.1, 0.15) is 5.56 Å². The Morgan fingerprint density at radius 1 is 1.41 bits per heavy atom. The first-order valence-corrected chi connectivity index (χ1v) is 4.42. The monoisotopic (exact) mass is 244 g/mol. The molecule has 1 aromatic carbocycles. The lowest BCUT2D eigenvalue weighted by atomic mass is 10.2. The molecule has 1 rings (SSSR count). The van der Waals surface area contributed by atoms with E-state index < -0.39 is 18.9 Å². The smallest absolute Gasteiger partial charge is 0.422 e. The molecule has 1 amide bonds. The maximum absolute atomic E-state index is 11.7. The van der Waals surface area contributed by atoms with E-state index >= 15 is 0 Å². The van der Waals surface area contributed by atoms with E-state index in [1.165, 1.54) is 18.2 Å². The fourth-order valence-corrected chi connectivity index (χ4v) is 0.983. The summed E-state index contributed by atoms with van der Waals surface area (Å²) < 4.78 is 39.2. The van der Waals surface area contributed by atoms with Crippen molar-refractivity contribution in [2.45, 2.75) is 6.18 Å². The Bertz CT molecular complexity index is 452. The molecule has 0 radical (unpaired) electrons. The van der Waals surface area contributed by atoms with Crippen molar-refractivity contribution in [1.29, 1.82) is 5.26 Å². The quantitative estimate of drug-likeness (QED) is 0.869. The molecule has 0 bridgehead atoms. The third-order valence-corrected chi connectivity index (χ3v) is 1.65. The molecule has 0 spiro atoms. The van der Waals surface area contributed by atoms with E-state index in [9.17, 15) is 18.0 Å². The van der Waals surface area contributed by atoms with Crippen LogP contribution in [0.5, 0.6) is 0 Å². The molecular formula is C10H7F3N2O2. The van der Waals surface area contributed by atoms with Gasteiger partial charge in [-0.2, -0.15) is 18.4 Å². The van der Waals surface area contributed by atoms with Crippen LogP contribution in [0, 0.1) is 11.3 Å². The molecule has 90 valence electrons. The first-order chi connectivity index (χ1) is 7.92. The molecule has 0 aromatic heterocycles. The summed E-state index contributed by atoms with van der Waals surface area (Å²) in [7, 11) is 0. The second kappa shape index (κ2) is 5.21. The lowest BCUT2D eigenvalue weighted by Gasteiger charge is -2.09. The van der Waals surface area contributed by atoms with Gasteiger partial charge in [-0.15, -0.1) is 0 Å². The minimum Gasteiger partial charge on any atom is -0.440 e. The summed E-state index contributed by atoms with van der Waals surface area (Å²) in [4.78, 5) is 11.0. The third-order valence-electron chi connectivity index (χ3n) is 1.65. The zero-order valence-corrected chi connectivity index (χ0v) is 8.41. The zero-order valence-electron chi connectivity index (χ0n) is 8.41. The fourth-order valence-electron chi connectivity index (χ4n) is 0.983. The summed E-state index contributed by atoms with van der Waals surface area (Å²) >= 11 is 0. The molecule has 1 N–H and O–H groups in total. The van der Waals surface area contributed by atoms with Crippen LogP contribution in [0.25, 0.3) is 0 Å². The standard InChI is InChI=1S/C10H7F3N2O2/c11-10(12,13)6-17-9(16)15-8-4-2-1-3-7(8)5-14/h1-4H,6H2,(H,15,16). The van der Waals surface area contributed by atoms with Gasteiger partial charge in [-0.1, -0.05) is 12.1 Å². The topological polar surface area (TPSA) is 62.1 Å². The van der Waals surface area contributed by atoms with Gasteiger partial charge < -0.3 is 4.74 Å². The average molecular weight is 244 g/mol. The van der Waals surface area contributed by atoms with Gasteiger partial charge >= 0.3 is 12.3 Å². The molecule has 0 aliphatic heterocycles. The van der Waals surface area contributed by atoms with Gasteiger partial charge in [0.1, 0.15) is 6.07 Å². The Morgan fingerprint density at radius 2 is 2.06 bits per heavy atom. The Kier molecular flexibility index (Phi) is 3.93. The number of halogens is 3. The van der Waals surface area contributed by atoms with Crippen molar-refractivity contribution in [3.8, 4) is 6.07 Å². The molecule has 0 aliphatic carbocycles. The van der Waals surface area contributed by atoms with Gasteiger partial charge in [0.25, 0.3) is 0 Å². The van der Waals surface area contributed by atoms with Crippen LogP contribution in [-0.2, 0) is 4.74 Å². The lowest BCUT2D eigenvalue weighted by molar-refractivity contribution is -0.159. The normalized spacial score (nSPS) is 10.5. The Morgan fingerprint density at radius 3 is 2.65 bits per heavy atom. The van der Waals surface area contributed by atoms with Crippen LogP contribution >= 0.6 is 0 Å². The summed E-state index contributed by atoms with van der Waals surface area (Å²) in [5, 5.41) is 10.7. The van der Waals surface area contributed by atoms with Gasteiger partial charge in [0, 0.05) is 0 Å². The largest absolute Gasteiger partial charge is 0.440 e. The van der Waals surface area contributed by atoms with Crippen molar-refractivity contribution in [3.63, 3.8) is 0 Å². The summed E-state index contributed by atoms with van der Waals surface area (Å²) in [5.41, 5.74) is 0.235. The van der Waals surface area contributed by atoms with Crippen LogP contribution in [0.3, 0.4) is 0 Å². The highest BCUT2D eigenvalue weighted by Gasteiger charge is 2.29. The van der Waals surface area contributed by atoms with E-state index in [1.807, 2.05) is 0 Å². The zero-order chi connectivity index (χ0) is 12.9. The number of nitrogens with one attached hydrogen (secondary N) is 1. The molecule has 0 aliphatic rings. The van der Waals surface area contributed by atoms with Crippen LogP contribution in [0.2, 0.25) is 0 Å². The first-order valence-electron chi connectivity index (χ1n) is 4.42. The van der Waals surface area contributed by atoms with Crippen LogP contribution in [-0.4, -0.2) is 18.9 Å². The van der Waals surface area contributed by atoms with Gasteiger partial charge in [0.15, 0.2) is 6.61 Å². The highest BCUT2D eigenvalue weighted by atomic mass is 19.4. The lowest BCUT2D eigenvalue weighted by Crippen LogP contribution is -2.23. The van der Waals surface area contributed by atoms with E-state index in [-0.39, 0.29) is 11.3 Å². The number of benzene rings is 1. The van der Waals surface area contributed by atoms with Crippen molar-refractivity contribution >= 4 is 11.8 Å². The average Bonchev–Trinajstić information content (AvgIpc) is 2.26. The van der Waals surface area contributed by atoms with Crippen molar-refractivity contribution in [3.05, 3.63) is 29.8 Å². The predicted octanol–water partition coefficient (Wildman–Crippen LogP) is 2.67. The predicted molar refractivity (Wildman–Crippen MR) is 52.2 cm³/mol. The van der Waals surface area contributed by atoms with Crippen LogP contribution in [0.15, 0.2) is 24.3 Å². The van der Waals surface area contributed by atoms with Crippen molar-refractivity contribution in [2.75, 3.05) is 11.9 Å². The van der Waals surface area contributed by atoms with E-state index in [4.69, 9.17) is 5.26 Å². The van der Waals surface area contributed by atoms with Crippen LogP contribution < -0.4 is 5.32 Å². The highest BCUT2D eigenvalue weighted by Crippen LogP contribution is 2.16. The summed E-state index contributed by atoms with van der Waals surface area (Å²) in [5.74, 6) is 0. The van der Waals surface area contributed by atoms with E-state index in [2.05, 4.69) is 10.1 Å². The number of alkyl halides is 3. The molecular weight excluding hydrogens is 237 g/mol. The van der Waals surface area contributed by atoms with Gasteiger partial charge in [-0.05, 0) is 12.1 Å². The molecule has 4 nitrogen and oxygen atoms in total. The molecule has 7 heteroatoms. The number of carbonyl (C=O) groups is 1. The van der Waals surface area contributed by atoms with E-state index in [1.54, 1.807) is 12.1 Å². The number of hydrogen-bond donors (Lipinski definition) is 1. The number of ether oxygens (including phenoxy) is 1.